The van der Waals surface area contributed by atoms with Crippen LogP contribution in [0.4, 0.5) is 10.1 Å². The molecule has 0 bridgehead atoms. The number of para-hydroxylation sites is 1. The largest absolute Gasteiger partial charge is 0.366 e. The van der Waals surface area contributed by atoms with Gasteiger partial charge in [0.2, 0.25) is 11.8 Å². The second-order valence-corrected chi connectivity index (χ2v) is 7.48. The van der Waals surface area contributed by atoms with Gasteiger partial charge in [0.15, 0.2) is 5.79 Å². The number of carbonyl (C=O) groups excluding carboxylic acids is 2. The Hall–Kier alpha value is -2.19. The van der Waals surface area contributed by atoms with Gasteiger partial charge < -0.3 is 24.2 Å². The molecule has 7 nitrogen and oxygen atoms in total. The van der Waals surface area contributed by atoms with Crippen LogP contribution in [0, 0.1) is 5.82 Å². The molecule has 0 saturated carbocycles. The van der Waals surface area contributed by atoms with Crippen LogP contribution in [0.2, 0.25) is 0 Å². The van der Waals surface area contributed by atoms with Crippen molar-refractivity contribution in [1.82, 2.24) is 9.80 Å². The van der Waals surface area contributed by atoms with E-state index in [4.69, 9.17) is 9.47 Å². The third-order valence-electron chi connectivity index (χ3n) is 5.82. The third-order valence-corrected chi connectivity index (χ3v) is 5.82. The van der Waals surface area contributed by atoms with Crippen LogP contribution < -0.4 is 4.90 Å². The fraction of sp³-hybridized carbons (Fsp3) is 0.600. The van der Waals surface area contributed by atoms with E-state index in [0.717, 1.165) is 0 Å². The van der Waals surface area contributed by atoms with E-state index in [2.05, 4.69) is 0 Å². The van der Waals surface area contributed by atoms with Crippen molar-refractivity contribution in [2.24, 2.45) is 0 Å². The summed E-state index contributed by atoms with van der Waals surface area (Å²) in [5, 5.41) is 0. The fourth-order valence-corrected chi connectivity index (χ4v) is 4.14. The highest BCUT2D eigenvalue weighted by Crippen LogP contribution is 2.31. The normalized spacial score (nSPS) is 22.0. The maximum Gasteiger partial charge on any atom is 0.232 e. The molecule has 2 amide bonds. The monoisotopic (exact) mass is 391 g/mol. The summed E-state index contributed by atoms with van der Waals surface area (Å²) < 4.78 is 25.3. The summed E-state index contributed by atoms with van der Waals surface area (Å²) in [5.74, 6) is -1.08. The Balaban J connectivity index is 1.24. The zero-order chi connectivity index (χ0) is 19.6. The van der Waals surface area contributed by atoms with E-state index < -0.39 is 5.79 Å². The molecule has 0 N–H and O–H groups in total. The Morgan fingerprint density at radius 3 is 2.07 bits per heavy atom. The molecule has 3 heterocycles. The quantitative estimate of drug-likeness (QED) is 0.726. The molecule has 3 aliphatic heterocycles. The summed E-state index contributed by atoms with van der Waals surface area (Å²) in [5.41, 5.74) is 0.560. The van der Waals surface area contributed by atoms with Gasteiger partial charge in [-0.15, -0.1) is 0 Å². The molecular formula is C20H26FN3O4. The molecular weight excluding hydrogens is 365 g/mol. The molecule has 3 fully saturated rings. The predicted octanol–water partition coefficient (Wildman–Crippen LogP) is 1.23. The number of nitrogens with zero attached hydrogens (tertiary/aromatic N) is 3. The van der Waals surface area contributed by atoms with Gasteiger partial charge >= 0.3 is 0 Å². The minimum atomic E-state index is -0.524. The zero-order valence-corrected chi connectivity index (χ0v) is 15.9. The summed E-state index contributed by atoms with van der Waals surface area (Å²) in [6.45, 7) is 4.40. The van der Waals surface area contributed by atoms with E-state index in [1.54, 1.807) is 28.0 Å². The number of rotatable bonds is 3. The van der Waals surface area contributed by atoms with Crippen LogP contribution in [0.3, 0.4) is 0 Å². The number of amides is 2. The van der Waals surface area contributed by atoms with Gasteiger partial charge in [-0.1, -0.05) is 12.1 Å². The van der Waals surface area contributed by atoms with Gasteiger partial charge in [-0.25, -0.2) is 4.39 Å². The van der Waals surface area contributed by atoms with Crippen LogP contribution in [-0.4, -0.2) is 79.9 Å². The maximum absolute atomic E-state index is 13.9. The van der Waals surface area contributed by atoms with Crippen molar-refractivity contribution >= 4 is 17.5 Å². The van der Waals surface area contributed by atoms with E-state index >= 15 is 0 Å². The van der Waals surface area contributed by atoms with Crippen molar-refractivity contribution in [3.63, 3.8) is 0 Å². The van der Waals surface area contributed by atoms with Crippen molar-refractivity contribution < 1.29 is 23.5 Å². The molecule has 8 heteroatoms. The molecule has 1 aromatic rings. The molecule has 0 atom stereocenters. The summed E-state index contributed by atoms with van der Waals surface area (Å²) in [6, 6.07) is 6.66. The highest BCUT2D eigenvalue weighted by Gasteiger charge is 2.41. The van der Waals surface area contributed by atoms with Crippen LogP contribution in [0.25, 0.3) is 0 Å². The number of halogens is 1. The molecule has 3 saturated heterocycles. The van der Waals surface area contributed by atoms with E-state index in [-0.39, 0.29) is 24.1 Å². The van der Waals surface area contributed by atoms with E-state index in [1.807, 2.05) is 4.90 Å². The summed E-state index contributed by atoms with van der Waals surface area (Å²) in [6.07, 6.45) is 1.18. The topological polar surface area (TPSA) is 62.3 Å². The zero-order valence-electron chi connectivity index (χ0n) is 15.9. The van der Waals surface area contributed by atoms with Gasteiger partial charge in [-0.2, -0.15) is 0 Å². The predicted molar refractivity (Wildman–Crippen MR) is 100 cm³/mol. The molecule has 1 spiro atoms. The van der Waals surface area contributed by atoms with Crippen molar-refractivity contribution in [2.75, 3.05) is 57.4 Å². The first-order valence-electron chi connectivity index (χ1n) is 9.89. The molecule has 1 aromatic carbocycles. The molecule has 0 unspecified atom stereocenters. The molecule has 0 radical (unpaired) electrons. The summed E-state index contributed by atoms with van der Waals surface area (Å²) >= 11 is 0. The first kappa shape index (κ1) is 19.1. The lowest BCUT2D eigenvalue weighted by molar-refractivity contribution is -0.187. The Labute approximate surface area is 164 Å². The van der Waals surface area contributed by atoms with Crippen molar-refractivity contribution in [3.8, 4) is 0 Å². The number of hydrogen-bond acceptors (Lipinski definition) is 5. The number of carbonyl (C=O) groups is 2. The van der Waals surface area contributed by atoms with Gasteiger partial charge in [-0.05, 0) is 12.1 Å². The summed E-state index contributed by atoms with van der Waals surface area (Å²) in [7, 11) is 0. The molecule has 0 aliphatic carbocycles. The Morgan fingerprint density at radius 1 is 0.893 bits per heavy atom. The number of piperidine rings is 1. The summed E-state index contributed by atoms with van der Waals surface area (Å²) in [4.78, 5) is 30.4. The van der Waals surface area contributed by atoms with E-state index in [0.29, 0.717) is 71.0 Å². The highest BCUT2D eigenvalue weighted by atomic mass is 19.1. The van der Waals surface area contributed by atoms with Gasteiger partial charge in [-0.3, -0.25) is 9.59 Å². The van der Waals surface area contributed by atoms with Crippen molar-refractivity contribution in [1.29, 1.82) is 0 Å². The molecule has 0 aromatic heterocycles. The lowest BCUT2D eigenvalue weighted by Gasteiger charge is -2.38. The number of ether oxygens (including phenoxy) is 2. The molecule has 28 heavy (non-hydrogen) atoms. The Bertz CT molecular complexity index is 720. The van der Waals surface area contributed by atoms with Crippen LogP contribution in [0.15, 0.2) is 24.3 Å². The first-order chi connectivity index (χ1) is 13.6. The standard InChI is InChI=1S/C20H26FN3O4/c21-16-3-1-2-4-17(16)22-9-11-24(12-10-22)19(26)15-18(25)23-7-5-20(6-8-23)27-13-14-28-20/h1-4H,5-15H2. The number of anilines is 1. The van der Waals surface area contributed by atoms with Crippen molar-refractivity contribution in [2.45, 2.75) is 25.0 Å². The third kappa shape index (κ3) is 3.98. The van der Waals surface area contributed by atoms with Crippen molar-refractivity contribution in [3.05, 3.63) is 30.1 Å². The minimum absolute atomic E-state index is 0.117. The maximum atomic E-state index is 13.9. The first-order valence-corrected chi connectivity index (χ1v) is 9.89. The number of benzene rings is 1. The number of likely N-dealkylation sites (tertiary alicyclic amines) is 1. The lowest BCUT2D eigenvalue weighted by atomic mass is 10.0. The smallest absolute Gasteiger partial charge is 0.232 e. The average Bonchev–Trinajstić information content (AvgIpc) is 3.17. The Morgan fingerprint density at radius 2 is 1.46 bits per heavy atom. The second kappa shape index (κ2) is 8.05. The van der Waals surface area contributed by atoms with Crippen LogP contribution in [-0.2, 0) is 19.1 Å². The minimum Gasteiger partial charge on any atom is -0.366 e. The molecule has 152 valence electrons. The van der Waals surface area contributed by atoms with E-state index in [9.17, 15) is 14.0 Å². The SMILES string of the molecule is O=C(CC(=O)N1CCC2(CC1)OCCO2)N1CCN(c2ccccc2F)CC1. The lowest BCUT2D eigenvalue weighted by Crippen LogP contribution is -2.51. The van der Waals surface area contributed by atoms with Gasteiger partial charge in [0, 0.05) is 52.1 Å². The van der Waals surface area contributed by atoms with Gasteiger partial charge in [0.25, 0.3) is 0 Å². The Kier molecular flexibility index (Phi) is 5.50. The van der Waals surface area contributed by atoms with Crippen LogP contribution >= 0.6 is 0 Å². The number of hydrogen-bond donors (Lipinski definition) is 0. The van der Waals surface area contributed by atoms with Gasteiger partial charge in [0.05, 0.1) is 18.9 Å². The molecule has 4 rings (SSSR count). The highest BCUT2D eigenvalue weighted by molar-refractivity contribution is 5.97. The average molecular weight is 391 g/mol. The molecule has 3 aliphatic rings. The number of piperazine rings is 1. The van der Waals surface area contributed by atoms with Crippen LogP contribution in [0.5, 0.6) is 0 Å². The van der Waals surface area contributed by atoms with Crippen LogP contribution in [0.1, 0.15) is 19.3 Å². The fourth-order valence-electron chi connectivity index (χ4n) is 4.14. The van der Waals surface area contributed by atoms with E-state index in [1.165, 1.54) is 6.07 Å². The van der Waals surface area contributed by atoms with Gasteiger partial charge in [0.1, 0.15) is 12.2 Å². The second-order valence-electron chi connectivity index (χ2n) is 7.48.